The third-order valence-corrected chi connectivity index (χ3v) is 3.39. The zero-order valence-corrected chi connectivity index (χ0v) is 12.7. The summed E-state index contributed by atoms with van der Waals surface area (Å²) in [5.41, 5.74) is 7.01. The first kappa shape index (κ1) is 15.8. The molecule has 2 rings (SSSR count). The average Bonchev–Trinajstić information content (AvgIpc) is 2.53. The SMILES string of the molecule is CCN(C)C(=O)c1cc(OCc2ccccc2)c(F)cc1N. The third kappa shape index (κ3) is 3.55. The predicted octanol–water partition coefficient (Wildman–Crippen LogP) is 3.08. The lowest BCUT2D eigenvalue weighted by Gasteiger charge is -2.17. The Morgan fingerprint density at radius 2 is 1.95 bits per heavy atom. The first-order valence-corrected chi connectivity index (χ1v) is 7.04. The highest BCUT2D eigenvalue weighted by atomic mass is 19.1. The van der Waals surface area contributed by atoms with E-state index in [9.17, 15) is 9.18 Å². The molecule has 0 unspecified atom stereocenters. The molecule has 0 aliphatic heterocycles. The molecule has 0 aromatic heterocycles. The monoisotopic (exact) mass is 302 g/mol. The van der Waals surface area contributed by atoms with Gasteiger partial charge in [0.2, 0.25) is 0 Å². The molecule has 0 aliphatic carbocycles. The number of carbonyl (C=O) groups is 1. The first-order valence-electron chi connectivity index (χ1n) is 7.04. The van der Waals surface area contributed by atoms with Crippen LogP contribution in [0.5, 0.6) is 5.75 Å². The Morgan fingerprint density at radius 3 is 2.59 bits per heavy atom. The van der Waals surface area contributed by atoms with Gasteiger partial charge in [0.1, 0.15) is 6.61 Å². The molecule has 0 aliphatic rings. The molecule has 2 aromatic rings. The Bertz CT molecular complexity index is 659. The molecule has 0 saturated carbocycles. The van der Waals surface area contributed by atoms with Crippen LogP contribution in [-0.2, 0) is 6.61 Å². The smallest absolute Gasteiger partial charge is 0.255 e. The number of carbonyl (C=O) groups excluding carboxylic acids is 1. The van der Waals surface area contributed by atoms with Gasteiger partial charge in [0, 0.05) is 25.3 Å². The Morgan fingerprint density at radius 1 is 1.27 bits per heavy atom. The summed E-state index contributed by atoms with van der Waals surface area (Å²) in [6.45, 7) is 2.61. The van der Waals surface area contributed by atoms with Crippen LogP contribution in [0.15, 0.2) is 42.5 Å². The van der Waals surface area contributed by atoms with E-state index in [0.29, 0.717) is 6.54 Å². The molecule has 2 N–H and O–H groups in total. The van der Waals surface area contributed by atoms with Crippen molar-refractivity contribution in [2.45, 2.75) is 13.5 Å². The highest BCUT2D eigenvalue weighted by molar-refractivity contribution is 5.99. The summed E-state index contributed by atoms with van der Waals surface area (Å²) in [5.74, 6) is -0.820. The van der Waals surface area contributed by atoms with E-state index < -0.39 is 5.82 Å². The van der Waals surface area contributed by atoms with Crippen molar-refractivity contribution in [3.63, 3.8) is 0 Å². The molecule has 0 atom stereocenters. The number of nitrogens with zero attached hydrogens (tertiary/aromatic N) is 1. The van der Waals surface area contributed by atoms with Crippen LogP contribution < -0.4 is 10.5 Å². The summed E-state index contributed by atoms with van der Waals surface area (Å²) >= 11 is 0. The van der Waals surface area contributed by atoms with Gasteiger partial charge in [0.05, 0.1) is 5.56 Å². The van der Waals surface area contributed by atoms with Gasteiger partial charge in [-0.25, -0.2) is 4.39 Å². The zero-order chi connectivity index (χ0) is 16.1. The van der Waals surface area contributed by atoms with E-state index in [1.807, 2.05) is 37.3 Å². The maximum atomic E-state index is 13.9. The van der Waals surface area contributed by atoms with E-state index >= 15 is 0 Å². The second-order valence-electron chi connectivity index (χ2n) is 4.96. The van der Waals surface area contributed by atoms with Crippen LogP contribution in [0, 0.1) is 5.82 Å². The maximum Gasteiger partial charge on any atom is 0.255 e. The van der Waals surface area contributed by atoms with Crippen LogP contribution in [0.1, 0.15) is 22.8 Å². The highest BCUT2D eigenvalue weighted by Crippen LogP contribution is 2.26. The van der Waals surface area contributed by atoms with Crippen LogP contribution in [-0.4, -0.2) is 24.4 Å². The zero-order valence-electron chi connectivity index (χ0n) is 12.7. The number of hydrogen-bond acceptors (Lipinski definition) is 3. The van der Waals surface area contributed by atoms with Crippen LogP contribution in [0.25, 0.3) is 0 Å². The van der Waals surface area contributed by atoms with E-state index in [1.165, 1.54) is 11.0 Å². The molecule has 116 valence electrons. The minimum Gasteiger partial charge on any atom is -0.486 e. The number of hydrogen-bond donors (Lipinski definition) is 1. The summed E-state index contributed by atoms with van der Waals surface area (Å²) in [6.07, 6.45) is 0. The van der Waals surface area contributed by atoms with Gasteiger partial charge >= 0.3 is 0 Å². The van der Waals surface area contributed by atoms with Gasteiger partial charge in [-0.1, -0.05) is 30.3 Å². The van der Waals surface area contributed by atoms with E-state index in [0.717, 1.165) is 11.6 Å². The van der Waals surface area contributed by atoms with Gasteiger partial charge in [0.25, 0.3) is 5.91 Å². The molecular weight excluding hydrogens is 283 g/mol. The molecule has 0 spiro atoms. The van der Waals surface area contributed by atoms with Crippen molar-refractivity contribution in [3.05, 3.63) is 59.4 Å². The van der Waals surface area contributed by atoms with Crippen molar-refractivity contribution in [2.75, 3.05) is 19.3 Å². The van der Waals surface area contributed by atoms with Crippen LogP contribution >= 0.6 is 0 Å². The van der Waals surface area contributed by atoms with Crippen molar-refractivity contribution in [2.24, 2.45) is 0 Å². The molecule has 0 saturated heterocycles. The molecule has 0 fully saturated rings. The van der Waals surface area contributed by atoms with Crippen molar-refractivity contribution >= 4 is 11.6 Å². The molecule has 0 bridgehead atoms. The minimum absolute atomic E-state index is 0.0194. The number of amides is 1. The molecule has 0 heterocycles. The third-order valence-electron chi connectivity index (χ3n) is 3.39. The fourth-order valence-electron chi connectivity index (χ4n) is 1.95. The lowest BCUT2D eigenvalue weighted by molar-refractivity contribution is 0.0803. The summed E-state index contributed by atoms with van der Waals surface area (Å²) in [6, 6.07) is 11.9. The number of benzene rings is 2. The van der Waals surface area contributed by atoms with E-state index in [2.05, 4.69) is 0 Å². The van der Waals surface area contributed by atoms with Gasteiger partial charge in [0.15, 0.2) is 11.6 Å². The molecule has 4 nitrogen and oxygen atoms in total. The topological polar surface area (TPSA) is 55.6 Å². The lowest BCUT2D eigenvalue weighted by Crippen LogP contribution is -2.27. The molecule has 2 aromatic carbocycles. The molecular formula is C17H19FN2O2. The van der Waals surface area contributed by atoms with Gasteiger partial charge in [-0.15, -0.1) is 0 Å². The lowest BCUT2D eigenvalue weighted by atomic mass is 10.1. The summed E-state index contributed by atoms with van der Waals surface area (Å²) in [7, 11) is 1.66. The van der Waals surface area contributed by atoms with Crippen molar-refractivity contribution in [3.8, 4) is 5.75 Å². The largest absolute Gasteiger partial charge is 0.486 e. The molecule has 22 heavy (non-hydrogen) atoms. The van der Waals surface area contributed by atoms with Gasteiger partial charge in [-0.3, -0.25) is 4.79 Å². The number of rotatable bonds is 5. The Balaban J connectivity index is 2.23. The van der Waals surface area contributed by atoms with Gasteiger partial charge < -0.3 is 15.4 Å². The van der Waals surface area contributed by atoms with Crippen molar-refractivity contribution in [1.82, 2.24) is 4.90 Å². The molecule has 0 radical (unpaired) electrons. The summed E-state index contributed by atoms with van der Waals surface area (Å²) in [5, 5.41) is 0. The highest BCUT2D eigenvalue weighted by Gasteiger charge is 2.17. The molecule has 5 heteroatoms. The number of ether oxygens (including phenoxy) is 1. The van der Waals surface area contributed by atoms with Gasteiger partial charge in [-0.2, -0.15) is 0 Å². The Labute approximate surface area is 129 Å². The number of halogens is 1. The van der Waals surface area contributed by atoms with Crippen molar-refractivity contribution < 1.29 is 13.9 Å². The van der Waals surface area contributed by atoms with E-state index in [1.54, 1.807) is 7.05 Å². The van der Waals surface area contributed by atoms with Crippen molar-refractivity contribution in [1.29, 1.82) is 0 Å². The Hall–Kier alpha value is -2.56. The fraction of sp³-hybridized carbons (Fsp3) is 0.235. The minimum atomic E-state index is -0.580. The predicted molar refractivity (Wildman–Crippen MR) is 84.2 cm³/mol. The van der Waals surface area contributed by atoms with E-state index in [4.69, 9.17) is 10.5 Å². The second-order valence-corrected chi connectivity index (χ2v) is 4.96. The van der Waals surface area contributed by atoms with Gasteiger partial charge in [-0.05, 0) is 18.6 Å². The quantitative estimate of drug-likeness (QED) is 0.864. The summed E-state index contributed by atoms with van der Waals surface area (Å²) < 4.78 is 19.4. The normalized spacial score (nSPS) is 10.3. The second kappa shape index (κ2) is 6.93. The van der Waals surface area contributed by atoms with Crippen LogP contribution in [0.4, 0.5) is 10.1 Å². The molecule has 1 amide bonds. The van der Waals surface area contributed by atoms with Crippen LogP contribution in [0.3, 0.4) is 0 Å². The standard InChI is InChI=1S/C17H19FN2O2/c1-3-20(2)17(21)13-9-16(14(18)10-15(13)19)22-11-12-7-5-4-6-8-12/h4-10H,3,11,19H2,1-2H3. The maximum absolute atomic E-state index is 13.9. The Kier molecular flexibility index (Phi) is 4.99. The van der Waals surface area contributed by atoms with E-state index in [-0.39, 0.29) is 29.5 Å². The summed E-state index contributed by atoms with van der Waals surface area (Å²) in [4.78, 5) is 13.7. The average molecular weight is 302 g/mol. The fourth-order valence-corrected chi connectivity index (χ4v) is 1.95. The number of nitrogen functional groups attached to an aromatic ring is 1. The number of nitrogens with two attached hydrogens (primary N) is 1. The number of anilines is 1. The van der Waals surface area contributed by atoms with Crippen LogP contribution in [0.2, 0.25) is 0 Å². The first-order chi connectivity index (χ1) is 10.5.